The van der Waals surface area contributed by atoms with Gasteiger partial charge in [-0.15, -0.1) is 0 Å². The number of ketones is 1. The van der Waals surface area contributed by atoms with E-state index < -0.39 is 0 Å². The highest BCUT2D eigenvalue weighted by molar-refractivity contribution is 5.96. The Labute approximate surface area is 172 Å². The lowest BCUT2D eigenvalue weighted by Crippen LogP contribution is -2.16. The number of benzene rings is 2. The summed E-state index contributed by atoms with van der Waals surface area (Å²) in [7, 11) is 0. The van der Waals surface area contributed by atoms with Crippen LogP contribution in [0.15, 0.2) is 53.3 Å². The number of nitrogens with one attached hydrogen (secondary N) is 2. The Balaban J connectivity index is 1.77. The Bertz CT molecular complexity index is 1310. The van der Waals surface area contributed by atoms with Gasteiger partial charge < -0.3 is 4.98 Å². The van der Waals surface area contributed by atoms with Crippen LogP contribution in [0.5, 0.6) is 0 Å². The number of H-pyrrole nitrogens is 2. The van der Waals surface area contributed by atoms with E-state index in [1.807, 2.05) is 55.5 Å². The van der Waals surface area contributed by atoms with E-state index in [1.165, 1.54) is 0 Å². The summed E-state index contributed by atoms with van der Waals surface area (Å²) in [6.07, 6.45) is 1.92. The average Bonchev–Trinajstić information content (AvgIpc) is 3.37. The van der Waals surface area contributed by atoms with Gasteiger partial charge in [-0.3, -0.25) is 9.36 Å². The van der Waals surface area contributed by atoms with Crippen molar-refractivity contribution in [2.45, 2.75) is 32.7 Å². The Morgan fingerprint density at radius 2 is 1.90 bits per heavy atom. The first-order valence-corrected chi connectivity index (χ1v) is 9.97. The fraction of sp³-hybridized carbons (Fsp3) is 0.217. The molecule has 1 saturated carbocycles. The molecule has 0 atom stereocenters. The van der Waals surface area contributed by atoms with Gasteiger partial charge in [0.25, 0.3) is 0 Å². The van der Waals surface area contributed by atoms with Crippen LogP contribution in [-0.2, 0) is 0 Å². The molecule has 4 aromatic rings. The smallest absolute Gasteiger partial charge is 0.335 e. The van der Waals surface area contributed by atoms with Gasteiger partial charge in [0, 0.05) is 22.7 Å². The Kier molecular flexibility index (Phi) is 4.24. The number of hydrogen-bond donors (Lipinski definition) is 2. The molecular weight excluding hydrogens is 378 g/mol. The standard InChI is InChI=1S/C23H21N5O2/c1-13-8-9-16(14(2)29)12-18(13)19-20(22-26-27-23(30)28(22)17-10-11-17)25-21(24-19)15-6-4-3-5-7-15/h3-9,12,17H,10-11H2,1-2H3,(H,24,25)(H,27,30). The number of aromatic nitrogens is 5. The van der Waals surface area contributed by atoms with E-state index in [0.29, 0.717) is 28.6 Å². The van der Waals surface area contributed by atoms with Gasteiger partial charge in [0.15, 0.2) is 11.6 Å². The molecule has 2 aromatic carbocycles. The molecule has 0 amide bonds. The fourth-order valence-corrected chi connectivity index (χ4v) is 3.71. The monoisotopic (exact) mass is 399 g/mol. The second-order valence-corrected chi connectivity index (χ2v) is 7.71. The van der Waals surface area contributed by atoms with Crippen LogP contribution in [0.25, 0.3) is 34.2 Å². The zero-order chi connectivity index (χ0) is 20.8. The van der Waals surface area contributed by atoms with Crippen molar-refractivity contribution in [3.8, 4) is 34.2 Å². The molecule has 2 heterocycles. The lowest BCUT2D eigenvalue weighted by molar-refractivity contribution is 0.101. The van der Waals surface area contributed by atoms with E-state index in [4.69, 9.17) is 4.98 Å². The van der Waals surface area contributed by atoms with E-state index in [9.17, 15) is 9.59 Å². The lowest BCUT2D eigenvalue weighted by atomic mass is 9.99. The number of carbonyl (C=O) groups excluding carboxylic acids is 1. The summed E-state index contributed by atoms with van der Waals surface area (Å²) in [5.74, 6) is 1.22. The second-order valence-electron chi connectivity index (χ2n) is 7.71. The molecule has 30 heavy (non-hydrogen) atoms. The molecular formula is C23H21N5O2. The molecule has 2 N–H and O–H groups in total. The van der Waals surface area contributed by atoms with Gasteiger partial charge in [-0.25, -0.2) is 14.9 Å². The van der Waals surface area contributed by atoms with Gasteiger partial charge in [0.1, 0.15) is 17.2 Å². The predicted molar refractivity (Wildman–Crippen MR) is 114 cm³/mol. The lowest BCUT2D eigenvalue weighted by Gasteiger charge is -2.08. The summed E-state index contributed by atoms with van der Waals surface area (Å²) < 4.78 is 1.70. The third kappa shape index (κ3) is 3.08. The van der Waals surface area contributed by atoms with Gasteiger partial charge >= 0.3 is 5.69 Å². The van der Waals surface area contributed by atoms with Crippen LogP contribution in [-0.4, -0.2) is 30.5 Å². The topological polar surface area (TPSA) is 96.4 Å². The van der Waals surface area contributed by atoms with E-state index in [-0.39, 0.29) is 17.5 Å². The molecule has 1 fully saturated rings. The maximum atomic E-state index is 12.4. The minimum Gasteiger partial charge on any atom is -0.335 e. The molecule has 7 heteroatoms. The molecule has 2 aromatic heterocycles. The van der Waals surface area contributed by atoms with Crippen molar-refractivity contribution in [2.24, 2.45) is 0 Å². The summed E-state index contributed by atoms with van der Waals surface area (Å²) in [6, 6.07) is 15.6. The molecule has 1 aliphatic rings. The summed E-state index contributed by atoms with van der Waals surface area (Å²) in [4.78, 5) is 32.7. The number of aryl methyl sites for hydroxylation is 1. The third-order valence-corrected chi connectivity index (χ3v) is 5.49. The molecule has 0 aliphatic heterocycles. The third-order valence-electron chi connectivity index (χ3n) is 5.49. The minimum atomic E-state index is -0.219. The van der Waals surface area contributed by atoms with Crippen molar-refractivity contribution >= 4 is 5.78 Å². The van der Waals surface area contributed by atoms with Crippen molar-refractivity contribution in [3.63, 3.8) is 0 Å². The molecule has 0 spiro atoms. The molecule has 0 saturated heterocycles. The van der Waals surface area contributed by atoms with Crippen LogP contribution in [0, 0.1) is 6.92 Å². The van der Waals surface area contributed by atoms with E-state index in [0.717, 1.165) is 29.5 Å². The molecule has 0 radical (unpaired) electrons. The SMILES string of the molecule is CC(=O)c1ccc(C)c(-c2nc(-c3ccccc3)[nH]c2-c2n[nH]c(=O)n2C2CC2)c1. The first kappa shape index (κ1) is 18.3. The van der Waals surface area contributed by atoms with Crippen molar-refractivity contribution < 1.29 is 4.79 Å². The van der Waals surface area contributed by atoms with Crippen molar-refractivity contribution in [2.75, 3.05) is 0 Å². The highest BCUT2D eigenvalue weighted by Crippen LogP contribution is 2.39. The Morgan fingerprint density at radius 1 is 1.13 bits per heavy atom. The number of Topliss-reactive ketones (excluding diaryl/α,β-unsaturated/α-hetero) is 1. The number of carbonyl (C=O) groups is 1. The Hall–Kier alpha value is -3.74. The van der Waals surface area contributed by atoms with Crippen molar-refractivity contribution in [3.05, 3.63) is 70.1 Å². The summed E-state index contributed by atoms with van der Waals surface area (Å²) in [5.41, 5.74) is 4.51. The first-order valence-electron chi connectivity index (χ1n) is 9.97. The second kappa shape index (κ2) is 6.95. The van der Waals surface area contributed by atoms with Crippen LogP contribution in [0.1, 0.15) is 41.7 Å². The fourth-order valence-electron chi connectivity index (χ4n) is 3.71. The van der Waals surface area contributed by atoms with Gasteiger partial charge in [-0.05, 0) is 38.3 Å². The van der Waals surface area contributed by atoms with Crippen LogP contribution in [0.3, 0.4) is 0 Å². The maximum absolute atomic E-state index is 12.4. The van der Waals surface area contributed by atoms with Gasteiger partial charge in [0.2, 0.25) is 0 Å². The van der Waals surface area contributed by atoms with E-state index in [1.54, 1.807) is 11.5 Å². The number of aromatic amines is 2. The number of nitrogens with zero attached hydrogens (tertiary/aromatic N) is 3. The molecule has 0 bridgehead atoms. The largest absolute Gasteiger partial charge is 0.343 e. The zero-order valence-corrected chi connectivity index (χ0v) is 16.8. The molecule has 5 rings (SSSR count). The Morgan fingerprint density at radius 3 is 2.60 bits per heavy atom. The maximum Gasteiger partial charge on any atom is 0.343 e. The highest BCUT2D eigenvalue weighted by Gasteiger charge is 2.31. The quantitative estimate of drug-likeness (QED) is 0.493. The first-order chi connectivity index (χ1) is 14.5. The number of rotatable bonds is 5. The zero-order valence-electron chi connectivity index (χ0n) is 16.8. The van der Waals surface area contributed by atoms with Crippen LogP contribution >= 0.6 is 0 Å². The predicted octanol–water partition coefficient (Wildman–Crippen LogP) is 4.14. The summed E-state index contributed by atoms with van der Waals surface area (Å²) >= 11 is 0. The number of hydrogen-bond acceptors (Lipinski definition) is 4. The molecule has 1 aliphatic carbocycles. The van der Waals surface area contributed by atoms with Gasteiger partial charge in [-0.1, -0.05) is 42.5 Å². The van der Waals surface area contributed by atoms with Crippen molar-refractivity contribution in [1.29, 1.82) is 0 Å². The molecule has 150 valence electrons. The van der Waals surface area contributed by atoms with Gasteiger partial charge in [-0.2, -0.15) is 5.10 Å². The van der Waals surface area contributed by atoms with Crippen molar-refractivity contribution in [1.82, 2.24) is 24.7 Å². The van der Waals surface area contributed by atoms with Gasteiger partial charge in [0.05, 0.1) is 0 Å². The van der Waals surface area contributed by atoms with Crippen LogP contribution in [0.2, 0.25) is 0 Å². The minimum absolute atomic E-state index is 0.00808. The normalized spacial score (nSPS) is 13.5. The summed E-state index contributed by atoms with van der Waals surface area (Å²) in [6.45, 7) is 3.53. The van der Waals surface area contributed by atoms with Crippen LogP contribution < -0.4 is 5.69 Å². The van der Waals surface area contributed by atoms with E-state index >= 15 is 0 Å². The molecule has 7 nitrogen and oxygen atoms in total. The van der Waals surface area contributed by atoms with Crippen LogP contribution in [0.4, 0.5) is 0 Å². The molecule has 0 unspecified atom stereocenters. The summed E-state index contributed by atoms with van der Waals surface area (Å²) in [5, 5.41) is 6.90. The number of imidazole rings is 1. The average molecular weight is 399 g/mol. The highest BCUT2D eigenvalue weighted by atomic mass is 16.2. The van der Waals surface area contributed by atoms with E-state index in [2.05, 4.69) is 15.2 Å².